The van der Waals surface area contributed by atoms with Gasteiger partial charge in [0.2, 0.25) is 0 Å². The van der Waals surface area contributed by atoms with E-state index < -0.39 is 0 Å². The third-order valence-corrected chi connectivity index (χ3v) is 3.94. The Hall–Kier alpha value is -0.980. The second kappa shape index (κ2) is 13.3. The number of benzene rings is 1. The first-order chi connectivity index (χ1) is 11.6. The molecule has 0 spiro atoms. The van der Waals surface area contributed by atoms with Crippen LogP contribution in [0, 0.1) is 0 Å². The highest BCUT2D eigenvalue weighted by atomic mass is 79.9. The number of amides is 2. The van der Waals surface area contributed by atoms with E-state index in [2.05, 4.69) is 33.5 Å². The number of rotatable bonds is 12. The summed E-state index contributed by atoms with van der Waals surface area (Å²) in [5.41, 5.74) is 0. The van der Waals surface area contributed by atoms with Gasteiger partial charge in [-0.25, -0.2) is 4.79 Å². The number of ether oxygens (including phenoxy) is 2. The van der Waals surface area contributed by atoms with Gasteiger partial charge in [-0.3, -0.25) is 0 Å². The lowest BCUT2D eigenvalue weighted by atomic mass is 10.3. The molecule has 0 heterocycles. The normalized spacial score (nSPS) is 10.5. The van der Waals surface area contributed by atoms with Crippen molar-refractivity contribution in [1.29, 1.82) is 0 Å². The lowest BCUT2D eigenvalue weighted by Gasteiger charge is -2.10. The minimum atomic E-state index is -0.162. The molecule has 2 N–H and O–H groups in total. The standard InChI is InChI=1S/C17H26BrClN2O3/c1-2-3-10-23-11-4-8-20-17(22)21-9-5-12-24-16-7-6-14(18)13-15(16)19/h6-7,13H,2-5,8-12H2,1H3,(H2,20,21,22). The van der Waals surface area contributed by atoms with Crippen LogP contribution in [0.2, 0.25) is 5.02 Å². The number of carbonyl (C=O) groups excluding carboxylic acids is 1. The summed E-state index contributed by atoms with van der Waals surface area (Å²) in [6.07, 6.45) is 3.75. The molecule has 0 fully saturated rings. The highest BCUT2D eigenvalue weighted by Crippen LogP contribution is 2.27. The van der Waals surface area contributed by atoms with Gasteiger partial charge in [0.1, 0.15) is 5.75 Å². The molecule has 0 aliphatic rings. The van der Waals surface area contributed by atoms with Crippen molar-refractivity contribution in [3.05, 3.63) is 27.7 Å². The minimum Gasteiger partial charge on any atom is -0.492 e. The van der Waals surface area contributed by atoms with Crippen LogP contribution in [0.15, 0.2) is 22.7 Å². The Bertz CT molecular complexity index is 489. The topological polar surface area (TPSA) is 59.6 Å². The average Bonchev–Trinajstić information content (AvgIpc) is 2.55. The van der Waals surface area contributed by atoms with Crippen LogP contribution in [0.1, 0.15) is 32.6 Å². The Morgan fingerprint density at radius 2 is 1.79 bits per heavy atom. The molecule has 0 aromatic heterocycles. The van der Waals surface area contributed by atoms with Crippen molar-refractivity contribution in [2.45, 2.75) is 32.6 Å². The summed E-state index contributed by atoms with van der Waals surface area (Å²) in [6, 6.07) is 5.31. The molecule has 0 atom stereocenters. The molecule has 24 heavy (non-hydrogen) atoms. The first-order valence-electron chi connectivity index (χ1n) is 8.30. The van der Waals surface area contributed by atoms with Crippen LogP contribution in [-0.4, -0.2) is 38.9 Å². The Labute approximate surface area is 157 Å². The summed E-state index contributed by atoms with van der Waals surface area (Å²) in [5, 5.41) is 6.16. The largest absolute Gasteiger partial charge is 0.492 e. The van der Waals surface area contributed by atoms with E-state index in [0.717, 1.165) is 30.3 Å². The second-order valence-electron chi connectivity index (χ2n) is 5.28. The van der Waals surface area contributed by atoms with E-state index in [1.54, 1.807) is 6.07 Å². The zero-order valence-corrected chi connectivity index (χ0v) is 16.4. The molecule has 0 unspecified atom stereocenters. The fraction of sp³-hybridized carbons (Fsp3) is 0.588. The minimum absolute atomic E-state index is 0.162. The van der Waals surface area contributed by atoms with Gasteiger partial charge in [0.05, 0.1) is 11.6 Å². The van der Waals surface area contributed by atoms with Crippen molar-refractivity contribution >= 4 is 33.6 Å². The van der Waals surface area contributed by atoms with E-state index >= 15 is 0 Å². The lowest BCUT2D eigenvalue weighted by molar-refractivity contribution is 0.129. The summed E-state index contributed by atoms with van der Waals surface area (Å²) < 4.78 is 11.9. The predicted molar refractivity (Wildman–Crippen MR) is 101 cm³/mol. The quantitative estimate of drug-likeness (QED) is 0.492. The van der Waals surface area contributed by atoms with Gasteiger partial charge in [0, 0.05) is 30.8 Å². The fourth-order valence-corrected chi connectivity index (χ4v) is 2.56. The van der Waals surface area contributed by atoms with Crippen LogP contribution >= 0.6 is 27.5 Å². The van der Waals surface area contributed by atoms with Crippen molar-refractivity contribution in [2.24, 2.45) is 0 Å². The van der Waals surface area contributed by atoms with E-state index in [4.69, 9.17) is 21.1 Å². The maximum absolute atomic E-state index is 11.6. The monoisotopic (exact) mass is 420 g/mol. The van der Waals surface area contributed by atoms with Gasteiger partial charge in [-0.1, -0.05) is 40.9 Å². The molecular weight excluding hydrogens is 396 g/mol. The third kappa shape index (κ3) is 10.0. The number of hydrogen-bond donors (Lipinski definition) is 2. The molecule has 1 aromatic rings. The summed E-state index contributed by atoms with van der Waals surface area (Å²) in [6.45, 7) is 5.27. The van der Waals surface area contributed by atoms with Crippen LogP contribution in [0.5, 0.6) is 5.75 Å². The number of urea groups is 1. The Morgan fingerprint density at radius 3 is 2.46 bits per heavy atom. The Balaban J connectivity index is 1.97. The SMILES string of the molecule is CCCCOCCCNC(=O)NCCCOc1ccc(Br)cc1Cl. The summed E-state index contributed by atoms with van der Waals surface area (Å²) in [7, 11) is 0. The molecule has 136 valence electrons. The van der Waals surface area contributed by atoms with Crippen LogP contribution < -0.4 is 15.4 Å². The number of carbonyl (C=O) groups is 1. The van der Waals surface area contributed by atoms with Crippen molar-refractivity contribution < 1.29 is 14.3 Å². The fourth-order valence-electron chi connectivity index (χ4n) is 1.84. The maximum Gasteiger partial charge on any atom is 0.314 e. The van der Waals surface area contributed by atoms with Gasteiger partial charge in [-0.05, 0) is 37.5 Å². The van der Waals surface area contributed by atoms with Gasteiger partial charge in [0.25, 0.3) is 0 Å². The molecule has 0 saturated heterocycles. The molecule has 0 aliphatic carbocycles. The van der Waals surface area contributed by atoms with Gasteiger partial charge in [-0.15, -0.1) is 0 Å². The van der Waals surface area contributed by atoms with Gasteiger partial charge in [0.15, 0.2) is 0 Å². The second-order valence-corrected chi connectivity index (χ2v) is 6.60. The average molecular weight is 422 g/mol. The third-order valence-electron chi connectivity index (χ3n) is 3.15. The van der Waals surface area contributed by atoms with E-state index in [1.165, 1.54) is 0 Å². The zero-order chi connectivity index (χ0) is 17.6. The zero-order valence-electron chi connectivity index (χ0n) is 14.1. The van der Waals surface area contributed by atoms with Gasteiger partial charge < -0.3 is 20.1 Å². The molecule has 0 radical (unpaired) electrons. The lowest BCUT2D eigenvalue weighted by Crippen LogP contribution is -2.37. The Morgan fingerprint density at radius 1 is 1.12 bits per heavy atom. The molecule has 1 rings (SSSR count). The molecule has 5 nitrogen and oxygen atoms in total. The molecular formula is C17H26BrClN2O3. The van der Waals surface area contributed by atoms with Crippen LogP contribution in [0.25, 0.3) is 0 Å². The Kier molecular flexibility index (Phi) is 11.7. The van der Waals surface area contributed by atoms with Crippen molar-refractivity contribution in [3.8, 4) is 5.75 Å². The predicted octanol–water partition coefficient (Wildman–Crippen LogP) is 4.38. The molecule has 7 heteroatoms. The van der Waals surface area contributed by atoms with E-state index in [0.29, 0.717) is 43.5 Å². The molecule has 0 bridgehead atoms. The molecule has 0 aliphatic heterocycles. The number of halogens is 2. The first kappa shape index (κ1) is 21.1. The first-order valence-corrected chi connectivity index (χ1v) is 9.48. The van der Waals surface area contributed by atoms with Crippen LogP contribution in [0.4, 0.5) is 4.79 Å². The van der Waals surface area contributed by atoms with E-state index in [1.807, 2.05) is 12.1 Å². The molecule has 1 aromatic carbocycles. The van der Waals surface area contributed by atoms with Crippen LogP contribution in [0.3, 0.4) is 0 Å². The van der Waals surface area contributed by atoms with Crippen molar-refractivity contribution in [3.63, 3.8) is 0 Å². The van der Waals surface area contributed by atoms with E-state index in [-0.39, 0.29) is 6.03 Å². The van der Waals surface area contributed by atoms with Crippen molar-refractivity contribution in [2.75, 3.05) is 32.9 Å². The summed E-state index contributed by atoms with van der Waals surface area (Å²) >= 11 is 9.40. The molecule has 2 amide bonds. The summed E-state index contributed by atoms with van der Waals surface area (Å²) in [4.78, 5) is 11.6. The summed E-state index contributed by atoms with van der Waals surface area (Å²) in [5.74, 6) is 0.646. The number of hydrogen-bond acceptors (Lipinski definition) is 3. The van der Waals surface area contributed by atoms with Gasteiger partial charge >= 0.3 is 6.03 Å². The highest BCUT2D eigenvalue weighted by Gasteiger charge is 2.02. The van der Waals surface area contributed by atoms with Crippen LogP contribution in [-0.2, 0) is 4.74 Å². The van der Waals surface area contributed by atoms with Crippen molar-refractivity contribution in [1.82, 2.24) is 10.6 Å². The highest BCUT2D eigenvalue weighted by molar-refractivity contribution is 9.10. The van der Waals surface area contributed by atoms with Gasteiger partial charge in [-0.2, -0.15) is 0 Å². The maximum atomic E-state index is 11.6. The number of nitrogens with one attached hydrogen (secondary N) is 2. The number of unbranched alkanes of at least 4 members (excludes halogenated alkanes) is 1. The smallest absolute Gasteiger partial charge is 0.314 e. The molecule has 0 saturated carbocycles. The van der Waals surface area contributed by atoms with E-state index in [9.17, 15) is 4.79 Å².